The standard InChI is InChI=1S/C20H22F2N4O/c1-12-5-17-18(6-13(12)2)25-20(24-17)11-27-19-10-26(9-16(19)22)8-14-3-4-23-7-15(14)21/h3-7,16,19H,8-11H2,1-2H3,(H,24,25)/t16-,19+/m1/s1. The predicted molar refractivity (Wildman–Crippen MR) is 98.5 cm³/mol. The van der Waals surface area contributed by atoms with E-state index in [9.17, 15) is 8.78 Å². The molecule has 0 radical (unpaired) electrons. The van der Waals surface area contributed by atoms with Gasteiger partial charge < -0.3 is 9.72 Å². The summed E-state index contributed by atoms with van der Waals surface area (Å²) in [5, 5.41) is 0. The van der Waals surface area contributed by atoms with E-state index in [1.54, 1.807) is 12.3 Å². The SMILES string of the molecule is Cc1cc2nc(CO[C@H]3CN(Cc4ccncc4F)C[C@H]3F)[nH]c2cc1C. The van der Waals surface area contributed by atoms with Gasteiger partial charge in [0.1, 0.15) is 30.5 Å². The van der Waals surface area contributed by atoms with Crippen LogP contribution < -0.4 is 0 Å². The number of rotatable bonds is 5. The van der Waals surface area contributed by atoms with E-state index in [1.807, 2.05) is 17.9 Å². The summed E-state index contributed by atoms with van der Waals surface area (Å²) in [6.45, 7) is 5.31. The van der Waals surface area contributed by atoms with Crippen LogP contribution in [0.5, 0.6) is 0 Å². The molecule has 0 amide bonds. The Bertz CT molecular complexity index is 919. The van der Waals surface area contributed by atoms with Crippen LogP contribution in [0.25, 0.3) is 11.0 Å². The molecule has 2 atom stereocenters. The van der Waals surface area contributed by atoms with Crippen molar-refractivity contribution in [3.63, 3.8) is 0 Å². The number of alkyl halides is 1. The van der Waals surface area contributed by atoms with Crippen LogP contribution in [0.4, 0.5) is 8.78 Å². The fourth-order valence-corrected chi connectivity index (χ4v) is 3.44. The Morgan fingerprint density at radius 1 is 1.26 bits per heavy atom. The van der Waals surface area contributed by atoms with Crippen molar-refractivity contribution in [2.75, 3.05) is 13.1 Å². The summed E-state index contributed by atoms with van der Waals surface area (Å²) in [5.41, 5.74) is 4.72. The maximum Gasteiger partial charge on any atom is 0.145 e. The van der Waals surface area contributed by atoms with Gasteiger partial charge in [0.2, 0.25) is 0 Å². The van der Waals surface area contributed by atoms with Crippen molar-refractivity contribution in [3.05, 3.63) is 58.9 Å². The maximum atomic E-state index is 14.4. The van der Waals surface area contributed by atoms with Gasteiger partial charge in [-0.15, -0.1) is 0 Å². The minimum absolute atomic E-state index is 0.218. The minimum atomic E-state index is -1.11. The zero-order valence-electron chi connectivity index (χ0n) is 15.4. The Morgan fingerprint density at radius 2 is 2.07 bits per heavy atom. The number of H-pyrrole nitrogens is 1. The fourth-order valence-electron chi connectivity index (χ4n) is 3.44. The zero-order valence-corrected chi connectivity index (χ0v) is 15.4. The number of hydrogen-bond donors (Lipinski definition) is 1. The highest BCUT2D eigenvalue weighted by Gasteiger charge is 2.34. The van der Waals surface area contributed by atoms with Crippen molar-refractivity contribution in [3.8, 4) is 0 Å². The molecular formula is C20H22F2N4O. The van der Waals surface area contributed by atoms with Crippen LogP contribution in [0.3, 0.4) is 0 Å². The van der Waals surface area contributed by atoms with Crippen LogP contribution >= 0.6 is 0 Å². The normalized spacial score (nSPS) is 20.6. The van der Waals surface area contributed by atoms with Gasteiger partial charge in [0.05, 0.1) is 17.2 Å². The van der Waals surface area contributed by atoms with E-state index in [2.05, 4.69) is 27.9 Å². The lowest BCUT2D eigenvalue weighted by atomic mass is 10.1. The third kappa shape index (κ3) is 3.84. The van der Waals surface area contributed by atoms with Gasteiger partial charge in [0, 0.05) is 31.4 Å². The third-order valence-electron chi connectivity index (χ3n) is 5.11. The first-order valence-electron chi connectivity index (χ1n) is 9.02. The molecular weight excluding hydrogens is 350 g/mol. The second-order valence-corrected chi connectivity index (χ2v) is 7.16. The van der Waals surface area contributed by atoms with E-state index in [4.69, 9.17) is 4.74 Å². The van der Waals surface area contributed by atoms with Crippen molar-refractivity contribution < 1.29 is 13.5 Å². The molecule has 142 valence electrons. The van der Waals surface area contributed by atoms with Crippen LogP contribution in [0.15, 0.2) is 30.6 Å². The molecule has 0 saturated carbocycles. The van der Waals surface area contributed by atoms with Crippen LogP contribution in [-0.4, -0.2) is 45.2 Å². The zero-order chi connectivity index (χ0) is 19.0. The molecule has 0 aliphatic carbocycles. The Kier molecular flexibility index (Phi) is 4.88. The number of likely N-dealkylation sites (tertiary alicyclic amines) is 1. The van der Waals surface area contributed by atoms with Crippen molar-refractivity contribution in [1.29, 1.82) is 0 Å². The van der Waals surface area contributed by atoms with E-state index in [-0.39, 0.29) is 19.0 Å². The molecule has 4 rings (SSSR count). The molecule has 0 bridgehead atoms. The van der Waals surface area contributed by atoms with Crippen LogP contribution in [-0.2, 0) is 17.9 Å². The topological polar surface area (TPSA) is 54.0 Å². The molecule has 0 spiro atoms. The highest BCUT2D eigenvalue weighted by atomic mass is 19.1. The number of pyridine rings is 1. The number of fused-ring (bicyclic) bond motifs is 1. The van der Waals surface area contributed by atoms with E-state index < -0.39 is 12.3 Å². The summed E-state index contributed by atoms with van der Waals surface area (Å²) in [4.78, 5) is 13.4. The number of ether oxygens (including phenoxy) is 1. The lowest BCUT2D eigenvalue weighted by molar-refractivity contribution is 0.00862. The number of nitrogens with zero attached hydrogens (tertiary/aromatic N) is 3. The van der Waals surface area contributed by atoms with E-state index in [0.717, 1.165) is 11.0 Å². The summed E-state index contributed by atoms with van der Waals surface area (Å²) in [6, 6.07) is 5.71. The number of aromatic amines is 1. The number of aromatic nitrogens is 3. The average molecular weight is 372 g/mol. The van der Waals surface area contributed by atoms with Gasteiger partial charge in [0.25, 0.3) is 0 Å². The van der Waals surface area contributed by atoms with Crippen molar-refractivity contribution in [2.45, 2.75) is 39.3 Å². The van der Waals surface area contributed by atoms with Gasteiger partial charge in [-0.05, 0) is 43.2 Å². The van der Waals surface area contributed by atoms with Crippen LogP contribution in [0.2, 0.25) is 0 Å². The molecule has 1 aromatic carbocycles. The summed E-state index contributed by atoms with van der Waals surface area (Å²) in [5.74, 6) is 0.311. The van der Waals surface area contributed by atoms with E-state index in [1.165, 1.54) is 17.3 Å². The molecule has 1 aliphatic rings. The number of nitrogens with one attached hydrogen (secondary N) is 1. The third-order valence-corrected chi connectivity index (χ3v) is 5.11. The molecule has 27 heavy (non-hydrogen) atoms. The molecule has 3 heterocycles. The predicted octanol–water partition coefficient (Wildman–Crippen LogP) is 3.45. The first kappa shape index (κ1) is 18.0. The molecule has 0 unspecified atom stereocenters. The number of hydrogen-bond acceptors (Lipinski definition) is 4. The number of benzene rings is 1. The van der Waals surface area contributed by atoms with Crippen LogP contribution in [0, 0.1) is 19.7 Å². The first-order valence-corrected chi connectivity index (χ1v) is 9.02. The quantitative estimate of drug-likeness (QED) is 0.745. The summed E-state index contributed by atoms with van der Waals surface area (Å²) < 4.78 is 33.9. The Morgan fingerprint density at radius 3 is 2.89 bits per heavy atom. The summed E-state index contributed by atoms with van der Waals surface area (Å²) >= 11 is 0. The molecule has 3 aromatic rings. The molecule has 1 aliphatic heterocycles. The largest absolute Gasteiger partial charge is 0.366 e. The molecule has 1 N–H and O–H groups in total. The van der Waals surface area contributed by atoms with Crippen molar-refractivity contribution in [1.82, 2.24) is 19.9 Å². The summed E-state index contributed by atoms with van der Waals surface area (Å²) in [6.07, 6.45) is 1.06. The summed E-state index contributed by atoms with van der Waals surface area (Å²) in [7, 11) is 0. The second kappa shape index (κ2) is 7.32. The maximum absolute atomic E-state index is 14.4. The van der Waals surface area contributed by atoms with Crippen LogP contribution in [0.1, 0.15) is 22.5 Å². The van der Waals surface area contributed by atoms with Gasteiger partial charge in [-0.25, -0.2) is 13.8 Å². The first-order chi connectivity index (χ1) is 13.0. The number of aryl methyl sites for hydroxylation is 2. The minimum Gasteiger partial charge on any atom is -0.366 e. The van der Waals surface area contributed by atoms with E-state index in [0.29, 0.717) is 24.5 Å². The smallest absolute Gasteiger partial charge is 0.145 e. The molecule has 5 nitrogen and oxygen atoms in total. The molecule has 7 heteroatoms. The van der Waals surface area contributed by atoms with Gasteiger partial charge >= 0.3 is 0 Å². The number of imidazole rings is 1. The van der Waals surface area contributed by atoms with Gasteiger partial charge in [0.15, 0.2) is 0 Å². The van der Waals surface area contributed by atoms with Gasteiger partial charge in [-0.2, -0.15) is 0 Å². The number of halogens is 2. The highest BCUT2D eigenvalue weighted by molar-refractivity contribution is 5.77. The van der Waals surface area contributed by atoms with Crippen molar-refractivity contribution >= 4 is 11.0 Å². The van der Waals surface area contributed by atoms with E-state index >= 15 is 0 Å². The Labute approximate surface area is 156 Å². The second-order valence-electron chi connectivity index (χ2n) is 7.16. The molecule has 1 fully saturated rings. The molecule has 2 aromatic heterocycles. The lowest BCUT2D eigenvalue weighted by Gasteiger charge is -2.15. The molecule has 1 saturated heterocycles. The van der Waals surface area contributed by atoms with Crippen molar-refractivity contribution in [2.24, 2.45) is 0 Å². The lowest BCUT2D eigenvalue weighted by Crippen LogP contribution is -2.24. The van der Waals surface area contributed by atoms with Gasteiger partial charge in [-0.3, -0.25) is 9.88 Å². The Hall–Kier alpha value is -2.38. The Balaban J connectivity index is 1.38. The monoisotopic (exact) mass is 372 g/mol. The highest BCUT2D eigenvalue weighted by Crippen LogP contribution is 2.22. The van der Waals surface area contributed by atoms with Gasteiger partial charge in [-0.1, -0.05) is 0 Å². The fraction of sp³-hybridized carbons (Fsp3) is 0.400. The average Bonchev–Trinajstić information content (AvgIpc) is 3.18.